The second-order valence-corrected chi connectivity index (χ2v) is 5.85. The Kier molecular flexibility index (Phi) is 2.82. The summed E-state index contributed by atoms with van der Waals surface area (Å²) in [6.45, 7) is 0.678. The highest BCUT2D eigenvalue weighted by Gasteiger charge is 2.49. The van der Waals surface area contributed by atoms with Crippen molar-refractivity contribution in [2.24, 2.45) is 7.05 Å². The van der Waals surface area contributed by atoms with Crippen LogP contribution in [0.5, 0.6) is 0 Å². The number of carbonyl (C=O) groups is 2. The van der Waals surface area contributed by atoms with E-state index in [1.54, 1.807) is 28.0 Å². The summed E-state index contributed by atoms with van der Waals surface area (Å²) < 4.78 is 1.69. The van der Waals surface area contributed by atoms with Gasteiger partial charge in [-0.3, -0.25) is 14.3 Å². The Hall–Kier alpha value is -2.57. The van der Waals surface area contributed by atoms with E-state index in [0.29, 0.717) is 18.7 Å². The third-order valence-electron chi connectivity index (χ3n) is 4.55. The molecule has 2 atom stereocenters. The van der Waals surface area contributed by atoms with Gasteiger partial charge in [0.2, 0.25) is 5.91 Å². The number of nitrogens with one attached hydrogen (secondary N) is 1. The van der Waals surface area contributed by atoms with E-state index in [-0.39, 0.29) is 23.9 Å². The van der Waals surface area contributed by atoms with Crippen LogP contribution < -0.4 is 4.90 Å². The number of aromatic nitrogens is 3. The van der Waals surface area contributed by atoms with Crippen LogP contribution in [0.3, 0.4) is 0 Å². The fourth-order valence-corrected chi connectivity index (χ4v) is 3.59. The highest BCUT2D eigenvalue weighted by atomic mass is 16.2. The summed E-state index contributed by atoms with van der Waals surface area (Å²) in [5, 5.41) is 4.14. The minimum atomic E-state index is -0.0523. The summed E-state index contributed by atoms with van der Waals surface area (Å²) in [6, 6.07) is 3.58. The van der Waals surface area contributed by atoms with Gasteiger partial charge in [0.05, 0.1) is 24.0 Å². The number of nitrogens with zero attached hydrogens (tertiary/aromatic N) is 4. The van der Waals surface area contributed by atoms with E-state index in [1.165, 1.54) is 0 Å². The number of amides is 2. The van der Waals surface area contributed by atoms with Crippen molar-refractivity contribution in [2.75, 3.05) is 11.4 Å². The zero-order valence-corrected chi connectivity index (χ0v) is 12.3. The highest BCUT2D eigenvalue weighted by Crippen LogP contribution is 2.36. The lowest BCUT2D eigenvalue weighted by Crippen LogP contribution is -2.40. The average Bonchev–Trinajstić information content (AvgIpc) is 3.22. The second kappa shape index (κ2) is 4.72. The van der Waals surface area contributed by atoms with Crippen LogP contribution in [-0.4, -0.2) is 50.1 Å². The Bertz CT molecular complexity index is 720. The number of carbonyl (C=O) groups excluding carboxylic acids is 2. The molecule has 0 aliphatic carbocycles. The van der Waals surface area contributed by atoms with Crippen LogP contribution >= 0.6 is 0 Å². The van der Waals surface area contributed by atoms with Crippen LogP contribution in [0.1, 0.15) is 23.3 Å². The summed E-state index contributed by atoms with van der Waals surface area (Å²) in [5.41, 5.74) is 1.39. The molecule has 4 heterocycles. The molecule has 1 N–H and O–H groups in total. The molecule has 4 rings (SSSR count). The van der Waals surface area contributed by atoms with Crippen molar-refractivity contribution >= 4 is 17.5 Å². The molecule has 7 heteroatoms. The molecular formula is C15H17N5O2. The molecule has 2 amide bonds. The Labute approximate surface area is 127 Å². The maximum Gasteiger partial charge on any atom is 0.270 e. The number of H-pyrrole nitrogens is 1. The van der Waals surface area contributed by atoms with E-state index in [4.69, 9.17) is 0 Å². The van der Waals surface area contributed by atoms with E-state index < -0.39 is 0 Å². The molecule has 0 aromatic carbocycles. The summed E-state index contributed by atoms with van der Waals surface area (Å²) in [4.78, 5) is 31.5. The zero-order chi connectivity index (χ0) is 15.3. The predicted molar refractivity (Wildman–Crippen MR) is 79.3 cm³/mol. The first-order chi connectivity index (χ1) is 10.6. The van der Waals surface area contributed by atoms with Gasteiger partial charge in [0, 0.05) is 32.4 Å². The van der Waals surface area contributed by atoms with Gasteiger partial charge in [0.15, 0.2) is 0 Å². The molecule has 114 valence electrons. The number of rotatable bonds is 2. The molecule has 2 fully saturated rings. The molecule has 0 saturated carbocycles. The van der Waals surface area contributed by atoms with Gasteiger partial charge in [-0.25, -0.2) is 0 Å². The van der Waals surface area contributed by atoms with Crippen LogP contribution in [0.2, 0.25) is 0 Å². The Morgan fingerprint density at radius 3 is 2.95 bits per heavy atom. The molecule has 22 heavy (non-hydrogen) atoms. The summed E-state index contributed by atoms with van der Waals surface area (Å²) in [6.07, 6.45) is 6.47. The van der Waals surface area contributed by atoms with Crippen LogP contribution in [-0.2, 0) is 11.8 Å². The number of likely N-dealkylation sites (tertiary alicyclic amines) is 1. The van der Waals surface area contributed by atoms with Crippen molar-refractivity contribution < 1.29 is 9.59 Å². The standard InChI is InChI=1S/C15H17N5O2/c1-18-9-10(8-17-18)20-12-4-6-19(13(12)7-14(20)21)15(22)11-3-2-5-16-11/h2-3,5,8-9,12-13,16H,4,6-7H2,1H3/t12-,13+/m1/s1. The van der Waals surface area contributed by atoms with Crippen molar-refractivity contribution in [1.29, 1.82) is 0 Å². The van der Waals surface area contributed by atoms with E-state index in [2.05, 4.69) is 10.1 Å². The largest absolute Gasteiger partial charge is 0.357 e. The molecule has 2 saturated heterocycles. The van der Waals surface area contributed by atoms with Gasteiger partial charge in [0.25, 0.3) is 5.91 Å². The quantitative estimate of drug-likeness (QED) is 0.890. The van der Waals surface area contributed by atoms with Gasteiger partial charge in [-0.05, 0) is 18.6 Å². The smallest absolute Gasteiger partial charge is 0.270 e. The normalized spacial score (nSPS) is 24.1. The maximum absolute atomic E-state index is 12.6. The van der Waals surface area contributed by atoms with E-state index in [0.717, 1.165) is 12.1 Å². The van der Waals surface area contributed by atoms with E-state index in [9.17, 15) is 9.59 Å². The lowest BCUT2D eigenvalue weighted by atomic mass is 10.1. The second-order valence-electron chi connectivity index (χ2n) is 5.85. The minimum Gasteiger partial charge on any atom is -0.357 e. The Balaban J connectivity index is 1.60. The first-order valence-corrected chi connectivity index (χ1v) is 7.40. The minimum absolute atomic E-state index is 0.0293. The van der Waals surface area contributed by atoms with Gasteiger partial charge in [-0.2, -0.15) is 5.10 Å². The average molecular weight is 299 g/mol. The fraction of sp³-hybridized carbons (Fsp3) is 0.400. The van der Waals surface area contributed by atoms with Gasteiger partial charge < -0.3 is 14.8 Å². The highest BCUT2D eigenvalue weighted by molar-refractivity contribution is 5.99. The van der Waals surface area contributed by atoms with Crippen LogP contribution in [0, 0.1) is 0 Å². The molecule has 2 aliphatic rings. The van der Waals surface area contributed by atoms with E-state index in [1.807, 2.05) is 24.2 Å². The lowest BCUT2D eigenvalue weighted by Gasteiger charge is -2.24. The predicted octanol–water partition coefficient (Wildman–Crippen LogP) is 0.768. The van der Waals surface area contributed by atoms with Crippen molar-refractivity contribution in [3.8, 4) is 0 Å². The van der Waals surface area contributed by atoms with Crippen molar-refractivity contribution in [3.63, 3.8) is 0 Å². The summed E-state index contributed by atoms with van der Waals surface area (Å²) in [7, 11) is 1.83. The molecule has 0 spiro atoms. The molecule has 7 nitrogen and oxygen atoms in total. The van der Waals surface area contributed by atoms with Crippen LogP contribution in [0.4, 0.5) is 5.69 Å². The van der Waals surface area contributed by atoms with Gasteiger partial charge in [-0.1, -0.05) is 0 Å². The number of fused-ring (bicyclic) bond motifs is 1. The number of aromatic amines is 1. The first kappa shape index (κ1) is 13.1. The number of hydrogen-bond acceptors (Lipinski definition) is 3. The molecule has 2 aromatic rings. The fourth-order valence-electron chi connectivity index (χ4n) is 3.59. The Morgan fingerprint density at radius 2 is 2.27 bits per heavy atom. The van der Waals surface area contributed by atoms with Crippen molar-refractivity contribution in [3.05, 3.63) is 36.4 Å². The number of aryl methyl sites for hydroxylation is 1. The van der Waals surface area contributed by atoms with Gasteiger partial charge >= 0.3 is 0 Å². The number of hydrogen-bond donors (Lipinski definition) is 1. The van der Waals surface area contributed by atoms with Gasteiger partial charge in [-0.15, -0.1) is 0 Å². The van der Waals surface area contributed by atoms with E-state index >= 15 is 0 Å². The van der Waals surface area contributed by atoms with Crippen LogP contribution in [0.25, 0.3) is 0 Å². The van der Waals surface area contributed by atoms with Gasteiger partial charge in [0.1, 0.15) is 5.69 Å². The zero-order valence-electron chi connectivity index (χ0n) is 12.3. The first-order valence-electron chi connectivity index (χ1n) is 7.40. The number of anilines is 1. The Morgan fingerprint density at radius 1 is 1.41 bits per heavy atom. The summed E-state index contributed by atoms with van der Waals surface area (Å²) in [5.74, 6) is 0.0327. The third-order valence-corrected chi connectivity index (χ3v) is 4.55. The molecule has 0 radical (unpaired) electrons. The third kappa shape index (κ3) is 1.85. The monoisotopic (exact) mass is 299 g/mol. The molecular weight excluding hydrogens is 282 g/mol. The molecule has 0 unspecified atom stereocenters. The van der Waals surface area contributed by atoms with Crippen LogP contribution in [0.15, 0.2) is 30.7 Å². The topological polar surface area (TPSA) is 74.2 Å². The molecule has 0 bridgehead atoms. The molecule has 2 aromatic heterocycles. The SMILES string of the molecule is Cn1cc(N2C(=O)C[C@H]3[C@H]2CCN3C(=O)c2ccc[nH]2)cn1. The lowest BCUT2D eigenvalue weighted by molar-refractivity contribution is -0.117. The van der Waals surface area contributed by atoms with Crippen molar-refractivity contribution in [1.82, 2.24) is 19.7 Å². The maximum atomic E-state index is 12.6. The summed E-state index contributed by atoms with van der Waals surface area (Å²) >= 11 is 0. The molecule has 2 aliphatic heterocycles. The van der Waals surface area contributed by atoms with Crippen molar-refractivity contribution in [2.45, 2.75) is 24.9 Å².